The van der Waals surface area contributed by atoms with Crippen LogP contribution in [-0.4, -0.2) is 48.1 Å². The summed E-state index contributed by atoms with van der Waals surface area (Å²) < 4.78 is 18.6. The van der Waals surface area contributed by atoms with Crippen LogP contribution in [-0.2, 0) is 19.9 Å². The first-order valence-electron chi connectivity index (χ1n) is 7.59. The minimum atomic E-state index is -0.557. The third-order valence-corrected chi connectivity index (χ3v) is 5.23. The molecule has 0 unspecified atom stereocenters. The topological polar surface area (TPSA) is 58.6 Å². The molecule has 0 aliphatic carbocycles. The summed E-state index contributed by atoms with van der Waals surface area (Å²) in [6, 6.07) is 6.22. The Labute approximate surface area is 138 Å². The van der Waals surface area contributed by atoms with E-state index in [1.165, 1.54) is 23.9 Å². The molecule has 7 heteroatoms. The Kier molecular flexibility index (Phi) is 4.87. The van der Waals surface area contributed by atoms with Gasteiger partial charge in [-0.3, -0.25) is 9.59 Å². The molecule has 2 amide bonds. The molecule has 0 bridgehead atoms. The molecule has 2 fully saturated rings. The molecule has 2 heterocycles. The van der Waals surface area contributed by atoms with Crippen LogP contribution in [0, 0.1) is 5.82 Å². The second kappa shape index (κ2) is 6.88. The lowest BCUT2D eigenvalue weighted by Crippen LogP contribution is -2.52. The fourth-order valence-corrected chi connectivity index (χ4v) is 3.90. The molecule has 1 N–H and O–H groups in total. The van der Waals surface area contributed by atoms with E-state index in [1.54, 1.807) is 17.0 Å². The first kappa shape index (κ1) is 16.3. The second-order valence-electron chi connectivity index (χ2n) is 5.82. The minimum absolute atomic E-state index is 0.00652. The predicted octanol–water partition coefficient (Wildman–Crippen LogP) is 1.48. The van der Waals surface area contributed by atoms with Gasteiger partial charge in [0, 0.05) is 13.2 Å². The van der Waals surface area contributed by atoms with Crippen molar-refractivity contribution < 1.29 is 18.7 Å². The second-order valence-corrected chi connectivity index (χ2v) is 6.77. The molecule has 3 rings (SSSR count). The van der Waals surface area contributed by atoms with Gasteiger partial charge in [-0.25, -0.2) is 4.39 Å². The van der Waals surface area contributed by atoms with E-state index in [1.807, 2.05) is 0 Å². The fourth-order valence-electron chi connectivity index (χ4n) is 2.99. The van der Waals surface area contributed by atoms with E-state index in [9.17, 15) is 14.0 Å². The Morgan fingerprint density at radius 2 is 2.00 bits per heavy atom. The Morgan fingerprint density at radius 1 is 1.30 bits per heavy atom. The number of ether oxygens (including phenoxy) is 1. The van der Waals surface area contributed by atoms with Crippen molar-refractivity contribution in [2.45, 2.75) is 18.4 Å². The zero-order valence-corrected chi connectivity index (χ0v) is 13.5. The summed E-state index contributed by atoms with van der Waals surface area (Å²) in [5.74, 6) is 0.491. The number of thioether (sulfide) groups is 1. The molecular weight excluding hydrogens is 319 g/mol. The van der Waals surface area contributed by atoms with Gasteiger partial charge >= 0.3 is 0 Å². The first-order chi connectivity index (χ1) is 11.1. The van der Waals surface area contributed by atoms with Crippen molar-refractivity contribution in [3.05, 3.63) is 35.6 Å². The Balaban J connectivity index is 1.75. The largest absolute Gasteiger partial charge is 0.381 e. The highest BCUT2D eigenvalue weighted by Gasteiger charge is 2.36. The van der Waals surface area contributed by atoms with E-state index in [0.717, 1.165) is 5.56 Å². The van der Waals surface area contributed by atoms with Gasteiger partial charge in [0.2, 0.25) is 11.8 Å². The summed E-state index contributed by atoms with van der Waals surface area (Å²) >= 11 is 1.51. The van der Waals surface area contributed by atoms with Crippen molar-refractivity contribution in [3.63, 3.8) is 0 Å². The monoisotopic (exact) mass is 338 g/mol. The Morgan fingerprint density at radius 3 is 2.61 bits per heavy atom. The zero-order valence-electron chi connectivity index (χ0n) is 12.7. The lowest BCUT2D eigenvalue weighted by Gasteiger charge is -2.39. The lowest BCUT2D eigenvalue weighted by atomic mass is 9.82. The van der Waals surface area contributed by atoms with Crippen molar-refractivity contribution in [2.24, 2.45) is 0 Å². The van der Waals surface area contributed by atoms with Crippen LogP contribution in [0.3, 0.4) is 0 Å². The third kappa shape index (κ3) is 3.67. The highest BCUT2D eigenvalue weighted by atomic mass is 32.2. The van der Waals surface area contributed by atoms with Crippen LogP contribution < -0.4 is 5.32 Å². The van der Waals surface area contributed by atoms with Crippen LogP contribution in [0.15, 0.2) is 24.3 Å². The molecule has 2 saturated heterocycles. The van der Waals surface area contributed by atoms with E-state index in [0.29, 0.717) is 37.7 Å². The van der Waals surface area contributed by atoms with E-state index in [4.69, 9.17) is 4.74 Å². The van der Waals surface area contributed by atoms with Crippen LogP contribution in [0.1, 0.15) is 18.4 Å². The Bertz CT molecular complexity index is 587. The average Bonchev–Trinajstić information content (AvgIpc) is 2.93. The molecule has 2 aliphatic heterocycles. The number of hydrogen-bond donors (Lipinski definition) is 1. The summed E-state index contributed by atoms with van der Waals surface area (Å²) in [6.45, 7) is 1.14. The van der Waals surface area contributed by atoms with Gasteiger partial charge in [0.25, 0.3) is 0 Å². The molecule has 1 aromatic carbocycles. The van der Waals surface area contributed by atoms with Gasteiger partial charge in [-0.1, -0.05) is 12.1 Å². The third-order valence-electron chi connectivity index (χ3n) is 4.28. The molecule has 124 valence electrons. The number of hydrogen-bond acceptors (Lipinski definition) is 4. The molecule has 0 saturated carbocycles. The number of nitrogens with one attached hydrogen (secondary N) is 1. The highest BCUT2D eigenvalue weighted by Crippen LogP contribution is 2.32. The predicted molar refractivity (Wildman–Crippen MR) is 85.3 cm³/mol. The van der Waals surface area contributed by atoms with E-state index in [2.05, 4.69) is 5.32 Å². The average molecular weight is 338 g/mol. The van der Waals surface area contributed by atoms with Gasteiger partial charge in [-0.15, -0.1) is 11.8 Å². The van der Waals surface area contributed by atoms with Crippen LogP contribution in [0.2, 0.25) is 0 Å². The maximum atomic E-state index is 13.2. The van der Waals surface area contributed by atoms with Crippen molar-refractivity contribution in [2.75, 3.05) is 31.4 Å². The number of nitrogens with zero attached hydrogens (tertiary/aromatic N) is 1. The molecule has 0 atom stereocenters. The zero-order chi connectivity index (χ0) is 16.3. The normalized spacial score (nSPS) is 20.6. The summed E-state index contributed by atoms with van der Waals surface area (Å²) in [5, 5.41) is 3.07. The van der Waals surface area contributed by atoms with Crippen LogP contribution in [0.25, 0.3) is 0 Å². The van der Waals surface area contributed by atoms with E-state index < -0.39 is 5.54 Å². The summed E-state index contributed by atoms with van der Waals surface area (Å²) in [6.07, 6.45) is 1.26. The molecule has 1 aromatic rings. The Hall–Kier alpha value is -1.60. The summed E-state index contributed by atoms with van der Waals surface area (Å²) in [5.41, 5.74) is 0.316. The number of halogens is 1. The summed E-state index contributed by atoms with van der Waals surface area (Å²) in [4.78, 5) is 25.6. The van der Waals surface area contributed by atoms with Crippen LogP contribution in [0.4, 0.5) is 4.39 Å². The minimum Gasteiger partial charge on any atom is -0.381 e. The molecule has 0 radical (unpaired) electrons. The van der Waals surface area contributed by atoms with Crippen molar-refractivity contribution in [3.8, 4) is 0 Å². The molecule has 23 heavy (non-hydrogen) atoms. The van der Waals surface area contributed by atoms with Crippen molar-refractivity contribution in [1.29, 1.82) is 0 Å². The van der Waals surface area contributed by atoms with Gasteiger partial charge in [0.15, 0.2) is 0 Å². The maximum absolute atomic E-state index is 13.2. The van der Waals surface area contributed by atoms with Crippen LogP contribution in [0.5, 0.6) is 0 Å². The molecule has 5 nitrogen and oxygen atoms in total. The number of carbonyl (C=O) groups excluding carboxylic acids is 2. The fraction of sp³-hybridized carbons (Fsp3) is 0.500. The molecule has 0 spiro atoms. The van der Waals surface area contributed by atoms with Crippen molar-refractivity contribution in [1.82, 2.24) is 10.2 Å². The van der Waals surface area contributed by atoms with Gasteiger partial charge in [0.05, 0.1) is 17.2 Å². The first-order valence-corrected chi connectivity index (χ1v) is 8.75. The maximum Gasteiger partial charge on any atom is 0.240 e. The van der Waals surface area contributed by atoms with E-state index >= 15 is 0 Å². The SMILES string of the molecule is O=C(CN1CSCC1=O)NC1(c2ccc(F)cc2)CCOCC1. The smallest absolute Gasteiger partial charge is 0.240 e. The van der Waals surface area contributed by atoms with Gasteiger partial charge in [0.1, 0.15) is 12.4 Å². The number of amides is 2. The lowest BCUT2D eigenvalue weighted by molar-refractivity contribution is -0.133. The highest BCUT2D eigenvalue weighted by molar-refractivity contribution is 8.00. The number of carbonyl (C=O) groups is 2. The number of benzene rings is 1. The van der Waals surface area contributed by atoms with E-state index in [-0.39, 0.29) is 24.2 Å². The van der Waals surface area contributed by atoms with Crippen LogP contribution >= 0.6 is 11.8 Å². The standard InChI is InChI=1S/C16H19FN2O3S/c17-13-3-1-12(2-4-13)16(5-7-22-8-6-16)18-14(20)9-19-11-23-10-15(19)21/h1-4H,5-11H2,(H,18,20). The number of rotatable bonds is 4. The van der Waals surface area contributed by atoms with Crippen molar-refractivity contribution >= 4 is 23.6 Å². The van der Waals surface area contributed by atoms with Gasteiger partial charge < -0.3 is 15.0 Å². The van der Waals surface area contributed by atoms with Gasteiger partial charge in [-0.05, 0) is 30.5 Å². The quantitative estimate of drug-likeness (QED) is 0.903. The van der Waals surface area contributed by atoms with Gasteiger partial charge in [-0.2, -0.15) is 0 Å². The molecular formula is C16H19FN2O3S. The molecule has 2 aliphatic rings. The summed E-state index contributed by atoms with van der Waals surface area (Å²) in [7, 11) is 0. The molecule has 0 aromatic heterocycles.